The van der Waals surface area contributed by atoms with Crippen molar-refractivity contribution in [1.82, 2.24) is 4.98 Å². The van der Waals surface area contributed by atoms with E-state index in [9.17, 15) is 0 Å². The number of halogens is 2. The highest BCUT2D eigenvalue weighted by Gasteiger charge is 2.16. The molecule has 1 aromatic heterocycles. The number of rotatable bonds is 5. The van der Waals surface area contributed by atoms with Gasteiger partial charge in [0.1, 0.15) is 0 Å². The number of nitrogens with two attached hydrogens (primary N) is 1. The number of aryl methyl sites for hydroxylation is 1. The van der Waals surface area contributed by atoms with Gasteiger partial charge in [0.25, 0.3) is 0 Å². The number of fused-ring (bicyclic) bond motifs is 2. The van der Waals surface area contributed by atoms with Gasteiger partial charge in [0.2, 0.25) is 0 Å². The summed E-state index contributed by atoms with van der Waals surface area (Å²) < 4.78 is 0.999. The lowest BCUT2D eigenvalue weighted by molar-refractivity contribution is 0.748. The molecule has 0 spiro atoms. The monoisotopic (exact) mass is 426 g/mol. The van der Waals surface area contributed by atoms with Crippen LogP contribution in [-0.2, 0) is 6.42 Å². The van der Waals surface area contributed by atoms with Gasteiger partial charge in [0.15, 0.2) is 0 Å². The first kappa shape index (κ1) is 17.6. The SMILES string of the molecule is NCCCCc1c(-c2ccc3ccccc3c2)[nH]c2c(Cl)cc(Br)cc12. The van der Waals surface area contributed by atoms with Crippen LogP contribution in [0, 0.1) is 0 Å². The zero-order chi connectivity index (χ0) is 18.1. The molecule has 4 heteroatoms. The minimum Gasteiger partial charge on any atom is -0.353 e. The van der Waals surface area contributed by atoms with Crippen molar-refractivity contribution in [1.29, 1.82) is 0 Å². The number of H-pyrrole nitrogens is 1. The van der Waals surface area contributed by atoms with Crippen LogP contribution in [0.4, 0.5) is 0 Å². The van der Waals surface area contributed by atoms with E-state index in [1.54, 1.807) is 0 Å². The number of aromatic nitrogens is 1. The summed E-state index contributed by atoms with van der Waals surface area (Å²) in [6.45, 7) is 0.720. The van der Waals surface area contributed by atoms with Gasteiger partial charge in [-0.3, -0.25) is 0 Å². The Bertz CT molecular complexity index is 1080. The maximum Gasteiger partial charge on any atom is 0.0658 e. The van der Waals surface area contributed by atoms with Crippen molar-refractivity contribution in [3.05, 3.63) is 69.7 Å². The Morgan fingerprint density at radius 3 is 2.58 bits per heavy atom. The van der Waals surface area contributed by atoms with Crippen molar-refractivity contribution >= 4 is 49.2 Å². The predicted octanol–water partition coefficient (Wildman–Crippen LogP) is 6.69. The first-order chi connectivity index (χ1) is 12.7. The molecule has 132 valence electrons. The Labute approximate surface area is 166 Å². The third-order valence-corrected chi connectivity index (χ3v) is 5.61. The molecule has 3 aromatic carbocycles. The molecule has 0 aliphatic carbocycles. The fourth-order valence-corrected chi connectivity index (χ4v) is 4.43. The van der Waals surface area contributed by atoms with Crippen LogP contribution in [0.2, 0.25) is 5.02 Å². The number of aromatic amines is 1. The fraction of sp³-hybridized carbons (Fsp3) is 0.182. The van der Waals surface area contributed by atoms with E-state index in [-0.39, 0.29) is 0 Å². The minimum absolute atomic E-state index is 0.720. The molecular weight excluding hydrogens is 408 g/mol. The zero-order valence-electron chi connectivity index (χ0n) is 14.4. The van der Waals surface area contributed by atoms with Gasteiger partial charge >= 0.3 is 0 Å². The van der Waals surface area contributed by atoms with Crippen LogP contribution < -0.4 is 5.73 Å². The van der Waals surface area contributed by atoms with E-state index < -0.39 is 0 Å². The van der Waals surface area contributed by atoms with E-state index in [0.717, 1.165) is 46.5 Å². The van der Waals surface area contributed by atoms with Gasteiger partial charge < -0.3 is 10.7 Å². The Morgan fingerprint density at radius 1 is 0.962 bits per heavy atom. The van der Waals surface area contributed by atoms with Gasteiger partial charge in [-0.2, -0.15) is 0 Å². The second-order valence-electron chi connectivity index (χ2n) is 6.60. The molecular formula is C22H20BrClN2. The van der Waals surface area contributed by atoms with Crippen LogP contribution in [0.1, 0.15) is 18.4 Å². The lowest BCUT2D eigenvalue weighted by Crippen LogP contribution is -1.99. The fourth-order valence-electron chi connectivity index (χ4n) is 3.57. The molecule has 0 atom stereocenters. The van der Waals surface area contributed by atoms with Gasteiger partial charge in [-0.1, -0.05) is 63.9 Å². The molecule has 26 heavy (non-hydrogen) atoms. The largest absolute Gasteiger partial charge is 0.353 e. The summed E-state index contributed by atoms with van der Waals surface area (Å²) in [5.74, 6) is 0. The Balaban J connectivity index is 1.91. The highest BCUT2D eigenvalue weighted by atomic mass is 79.9. The summed E-state index contributed by atoms with van der Waals surface area (Å²) in [4.78, 5) is 3.58. The molecule has 0 aliphatic heterocycles. The zero-order valence-corrected chi connectivity index (χ0v) is 16.7. The predicted molar refractivity (Wildman–Crippen MR) is 116 cm³/mol. The van der Waals surface area contributed by atoms with E-state index in [1.807, 2.05) is 6.07 Å². The lowest BCUT2D eigenvalue weighted by Gasteiger charge is -2.07. The average molecular weight is 428 g/mol. The number of hydrogen-bond acceptors (Lipinski definition) is 1. The molecule has 4 rings (SSSR count). The molecule has 2 nitrogen and oxygen atoms in total. The third kappa shape index (κ3) is 3.27. The van der Waals surface area contributed by atoms with Crippen LogP contribution in [0.15, 0.2) is 59.1 Å². The Morgan fingerprint density at radius 2 is 1.77 bits per heavy atom. The average Bonchev–Trinajstić information content (AvgIpc) is 3.00. The highest BCUT2D eigenvalue weighted by Crippen LogP contribution is 2.37. The van der Waals surface area contributed by atoms with Crippen molar-refractivity contribution in [2.45, 2.75) is 19.3 Å². The molecule has 0 amide bonds. The van der Waals surface area contributed by atoms with E-state index >= 15 is 0 Å². The smallest absolute Gasteiger partial charge is 0.0658 e. The van der Waals surface area contributed by atoms with Gasteiger partial charge in [-0.15, -0.1) is 0 Å². The molecule has 3 N–H and O–H groups in total. The first-order valence-corrected chi connectivity index (χ1v) is 10.0. The molecule has 0 fully saturated rings. The van der Waals surface area contributed by atoms with Gasteiger partial charge in [0.05, 0.1) is 10.5 Å². The lowest BCUT2D eigenvalue weighted by atomic mass is 9.98. The standard InChI is InChI=1S/C22H20BrClN2/c23-17-12-19-18(7-3-4-10-25)21(26-22(19)20(24)13-17)16-9-8-14-5-1-2-6-15(14)11-16/h1-2,5-6,8-9,11-13,26H,3-4,7,10,25H2. The summed E-state index contributed by atoms with van der Waals surface area (Å²) >= 11 is 10.1. The summed E-state index contributed by atoms with van der Waals surface area (Å²) in [6.07, 6.45) is 3.06. The van der Waals surface area contributed by atoms with Crippen LogP contribution >= 0.6 is 27.5 Å². The minimum atomic E-state index is 0.720. The Kier molecular flexibility index (Phi) is 5.03. The normalized spacial score (nSPS) is 11.5. The van der Waals surface area contributed by atoms with Crippen molar-refractivity contribution in [2.75, 3.05) is 6.54 Å². The second-order valence-corrected chi connectivity index (χ2v) is 7.92. The number of benzene rings is 3. The summed E-state index contributed by atoms with van der Waals surface area (Å²) in [7, 11) is 0. The molecule has 0 aliphatic rings. The van der Waals surface area contributed by atoms with Crippen LogP contribution in [0.3, 0.4) is 0 Å². The second kappa shape index (κ2) is 7.43. The van der Waals surface area contributed by atoms with Crippen LogP contribution in [-0.4, -0.2) is 11.5 Å². The topological polar surface area (TPSA) is 41.8 Å². The first-order valence-electron chi connectivity index (χ1n) is 8.86. The molecule has 0 saturated carbocycles. The Hall–Kier alpha value is -1.81. The number of nitrogens with one attached hydrogen (secondary N) is 1. The highest BCUT2D eigenvalue weighted by molar-refractivity contribution is 9.10. The van der Waals surface area contributed by atoms with Crippen molar-refractivity contribution in [3.63, 3.8) is 0 Å². The molecule has 4 aromatic rings. The quantitative estimate of drug-likeness (QED) is 0.342. The number of unbranched alkanes of at least 4 members (excludes halogenated alkanes) is 1. The summed E-state index contributed by atoms with van der Waals surface area (Å²) in [6, 6.07) is 19.1. The number of hydrogen-bond donors (Lipinski definition) is 2. The maximum absolute atomic E-state index is 6.51. The summed E-state index contributed by atoms with van der Waals surface area (Å²) in [5.41, 5.74) is 10.4. The van der Waals surface area contributed by atoms with Crippen LogP contribution in [0.25, 0.3) is 32.9 Å². The molecule has 0 unspecified atom stereocenters. The molecule has 0 saturated heterocycles. The van der Waals surface area contributed by atoms with E-state index in [0.29, 0.717) is 0 Å². The van der Waals surface area contributed by atoms with Gasteiger partial charge in [-0.05, 0) is 65.9 Å². The molecule has 1 heterocycles. The van der Waals surface area contributed by atoms with E-state index in [2.05, 4.69) is 69.4 Å². The van der Waals surface area contributed by atoms with Crippen LogP contribution in [0.5, 0.6) is 0 Å². The summed E-state index contributed by atoms with van der Waals surface area (Å²) in [5, 5.41) is 4.41. The van der Waals surface area contributed by atoms with Gasteiger partial charge in [-0.25, -0.2) is 0 Å². The third-order valence-electron chi connectivity index (χ3n) is 4.85. The van der Waals surface area contributed by atoms with E-state index in [1.165, 1.54) is 27.3 Å². The molecule has 0 radical (unpaired) electrons. The van der Waals surface area contributed by atoms with Crippen molar-refractivity contribution in [3.8, 4) is 11.3 Å². The van der Waals surface area contributed by atoms with E-state index in [4.69, 9.17) is 17.3 Å². The van der Waals surface area contributed by atoms with Crippen molar-refractivity contribution in [2.24, 2.45) is 5.73 Å². The van der Waals surface area contributed by atoms with Gasteiger partial charge in [0, 0.05) is 15.6 Å². The van der Waals surface area contributed by atoms with Crippen molar-refractivity contribution < 1.29 is 0 Å². The molecule has 0 bridgehead atoms. The maximum atomic E-state index is 6.51.